The Morgan fingerprint density at radius 2 is 2.29 bits per heavy atom. The van der Waals surface area contributed by atoms with E-state index in [1.807, 2.05) is 0 Å². The molecule has 0 aromatic carbocycles. The van der Waals surface area contributed by atoms with Crippen molar-refractivity contribution in [2.45, 2.75) is 25.0 Å². The van der Waals surface area contributed by atoms with Crippen molar-refractivity contribution in [2.75, 3.05) is 11.9 Å². The molecule has 2 aromatic heterocycles. The Bertz CT molecular complexity index is 654. The number of rotatable bonds is 5. The first-order chi connectivity index (χ1) is 10.2. The normalized spacial score (nSPS) is 27.0. The summed E-state index contributed by atoms with van der Waals surface area (Å²) >= 11 is 1.44. The zero-order valence-electron chi connectivity index (χ0n) is 11.0. The molecular formula is C11H15N4O4PS. The molecule has 2 unspecified atom stereocenters. The highest BCUT2D eigenvalue weighted by molar-refractivity contribution is 7.32. The van der Waals surface area contributed by atoms with Crippen LogP contribution in [0.5, 0.6) is 0 Å². The first-order valence-corrected chi connectivity index (χ1v) is 8.63. The van der Waals surface area contributed by atoms with Crippen molar-refractivity contribution >= 4 is 35.8 Å². The molecular weight excluding hydrogens is 315 g/mol. The maximum absolute atomic E-state index is 10.9. The Balaban J connectivity index is 1.74. The van der Waals surface area contributed by atoms with Gasteiger partial charge in [0.15, 0.2) is 5.82 Å². The van der Waals surface area contributed by atoms with Gasteiger partial charge in [0.05, 0.1) is 11.6 Å². The Morgan fingerprint density at radius 3 is 3.05 bits per heavy atom. The van der Waals surface area contributed by atoms with E-state index < -0.39 is 14.4 Å². The molecule has 2 heterocycles. The van der Waals surface area contributed by atoms with E-state index in [4.69, 9.17) is 9.42 Å². The Morgan fingerprint density at radius 1 is 1.43 bits per heavy atom. The second kappa shape index (κ2) is 6.33. The summed E-state index contributed by atoms with van der Waals surface area (Å²) in [4.78, 5) is 22.3. The van der Waals surface area contributed by atoms with Crippen molar-refractivity contribution in [3.8, 4) is 0 Å². The second-order valence-electron chi connectivity index (χ2n) is 4.91. The lowest BCUT2D eigenvalue weighted by Crippen LogP contribution is -2.18. The van der Waals surface area contributed by atoms with E-state index in [2.05, 4.69) is 20.3 Å². The van der Waals surface area contributed by atoms with Gasteiger partial charge in [0.2, 0.25) is 0 Å². The van der Waals surface area contributed by atoms with E-state index >= 15 is 0 Å². The van der Waals surface area contributed by atoms with E-state index in [-0.39, 0.29) is 18.6 Å². The molecule has 3 N–H and O–H groups in total. The maximum atomic E-state index is 10.9. The Kier molecular flexibility index (Phi) is 4.46. The lowest BCUT2D eigenvalue weighted by molar-refractivity contribution is 0.106. The summed E-state index contributed by atoms with van der Waals surface area (Å²) in [5.41, 5.74) is 2.42. The molecule has 0 amide bonds. The molecule has 0 saturated heterocycles. The van der Waals surface area contributed by atoms with Crippen LogP contribution in [-0.4, -0.2) is 43.7 Å². The number of fused-ring (bicyclic) bond motifs is 1. The number of hydrogen-bond acceptors (Lipinski definition) is 8. The minimum atomic E-state index is -3.01. The summed E-state index contributed by atoms with van der Waals surface area (Å²) in [7, 11) is -3.01. The third kappa shape index (κ3) is 3.22. The van der Waals surface area contributed by atoms with Crippen molar-refractivity contribution in [1.82, 2.24) is 15.0 Å². The minimum absolute atomic E-state index is 0.00769. The van der Waals surface area contributed by atoms with E-state index in [1.54, 1.807) is 5.51 Å². The molecule has 2 aromatic rings. The molecule has 0 bridgehead atoms. The van der Waals surface area contributed by atoms with E-state index in [0.29, 0.717) is 24.2 Å². The Labute approximate surface area is 125 Å². The fourth-order valence-electron chi connectivity index (χ4n) is 2.66. The molecule has 4 atom stereocenters. The number of nitrogens with zero attached hydrogens (tertiary/aromatic N) is 3. The lowest BCUT2D eigenvalue weighted by Gasteiger charge is -2.15. The quantitative estimate of drug-likeness (QED) is 0.696. The molecule has 1 saturated carbocycles. The highest BCUT2D eigenvalue weighted by Crippen LogP contribution is 2.36. The SMILES string of the molecule is O=[PH](O)OC1C[C@H](Nc2ncnc3scnc23)C[C@@H]1CO. The van der Waals surface area contributed by atoms with Gasteiger partial charge in [0.25, 0.3) is 0 Å². The van der Waals surface area contributed by atoms with Crippen molar-refractivity contribution < 1.29 is 19.1 Å². The summed E-state index contributed by atoms with van der Waals surface area (Å²) in [5.74, 6) is 0.483. The third-order valence-electron chi connectivity index (χ3n) is 3.59. The van der Waals surface area contributed by atoms with Gasteiger partial charge in [-0.1, -0.05) is 0 Å². The van der Waals surface area contributed by atoms with Crippen molar-refractivity contribution in [2.24, 2.45) is 5.92 Å². The summed E-state index contributed by atoms with van der Waals surface area (Å²) in [6.07, 6.45) is 2.24. The number of hydrogen-bond donors (Lipinski definition) is 3. The summed E-state index contributed by atoms with van der Waals surface area (Å²) in [5, 5.41) is 12.6. The molecule has 0 aliphatic heterocycles. The topological polar surface area (TPSA) is 117 Å². The predicted octanol–water partition coefficient (Wildman–Crippen LogP) is 1.04. The highest BCUT2D eigenvalue weighted by Gasteiger charge is 2.36. The van der Waals surface area contributed by atoms with Gasteiger partial charge in [-0.2, -0.15) is 0 Å². The van der Waals surface area contributed by atoms with Gasteiger partial charge in [-0.3, -0.25) is 4.57 Å². The van der Waals surface area contributed by atoms with Crippen molar-refractivity contribution in [3.63, 3.8) is 0 Å². The molecule has 0 radical (unpaired) electrons. The predicted molar refractivity (Wildman–Crippen MR) is 78.5 cm³/mol. The lowest BCUT2D eigenvalue weighted by atomic mass is 10.1. The zero-order chi connectivity index (χ0) is 14.8. The largest absolute Gasteiger partial charge is 0.396 e. The number of anilines is 1. The number of thiazole rings is 1. The van der Waals surface area contributed by atoms with Gasteiger partial charge < -0.3 is 19.8 Å². The maximum Gasteiger partial charge on any atom is 0.316 e. The molecule has 1 aliphatic carbocycles. The molecule has 8 nitrogen and oxygen atoms in total. The van der Waals surface area contributed by atoms with Crippen LogP contribution < -0.4 is 5.32 Å². The molecule has 1 aliphatic rings. The van der Waals surface area contributed by atoms with Crippen LogP contribution in [0.1, 0.15) is 12.8 Å². The Hall–Kier alpha value is -1.12. The van der Waals surface area contributed by atoms with Crippen molar-refractivity contribution in [3.05, 3.63) is 11.8 Å². The minimum Gasteiger partial charge on any atom is -0.396 e. The van der Waals surface area contributed by atoms with Gasteiger partial charge in [0.1, 0.15) is 16.7 Å². The molecule has 114 valence electrons. The molecule has 0 spiro atoms. The average Bonchev–Trinajstić information content (AvgIpc) is 3.05. The van der Waals surface area contributed by atoms with Gasteiger partial charge in [-0.05, 0) is 12.8 Å². The van der Waals surface area contributed by atoms with Gasteiger partial charge >= 0.3 is 8.25 Å². The standard InChI is InChI=1S/C11H15N4O4PS/c16-3-6-1-7(2-8(6)19-20(17)18)15-10-9-11(13-4-12-10)21-5-14-9/h4-8,16,20H,1-3H2,(H,17,18)(H,12,13,15)/t6-,7-,8?/m1/s1. The zero-order valence-corrected chi connectivity index (χ0v) is 12.8. The first-order valence-electron chi connectivity index (χ1n) is 6.48. The van der Waals surface area contributed by atoms with Gasteiger partial charge in [-0.15, -0.1) is 11.3 Å². The first kappa shape index (κ1) is 14.8. The molecule has 10 heteroatoms. The van der Waals surface area contributed by atoms with E-state index in [9.17, 15) is 9.67 Å². The smallest absolute Gasteiger partial charge is 0.316 e. The van der Waals surface area contributed by atoms with Crippen LogP contribution in [0.15, 0.2) is 11.8 Å². The number of nitrogens with one attached hydrogen (secondary N) is 1. The van der Waals surface area contributed by atoms with Gasteiger partial charge in [0, 0.05) is 18.6 Å². The van der Waals surface area contributed by atoms with Crippen LogP contribution in [0.2, 0.25) is 0 Å². The summed E-state index contributed by atoms with van der Waals surface area (Å²) < 4.78 is 15.9. The fourth-order valence-corrected chi connectivity index (χ4v) is 3.84. The van der Waals surface area contributed by atoms with Crippen LogP contribution in [0.3, 0.4) is 0 Å². The monoisotopic (exact) mass is 330 g/mol. The van der Waals surface area contributed by atoms with Crippen LogP contribution in [0, 0.1) is 5.92 Å². The second-order valence-corrected chi connectivity index (χ2v) is 6.51. The summed E-state index contributed by atoms with van der Waals surface area (Å²) in [6.45, 7) is -0.0755. The molecule has 3 rings (SSSR count). The molecule has 1 fully saturated rings. The number of aliphatic hydroxyl groups is 1. The number of aromatic nitrogens is 3. The fraction of sp³-hybridized carbons (Fsp3) is 0.545. The van der Waals surface area contributed by atoms with E-state index in [0.717, 1.165) is 4.83 Å². The number of aliphatic hydroxyl groups excluding tert-OH is 1. The highest BCUT2D eigenvalue weighted by atomic mass is 32.1. The van der Waals surface area contributed by atoms with Gasteiger partial charge in [-0.25, -0.2) is 15.0 Å². The third-order valence-corrected chi connectivity index (χ3v) is 4.83. The van der Waals surface area contributed by atoms with Crippen LogP contribution in [0.25, 0.3) is 10.3 Å². The van der Waals surface area contributed by atoms with Crippen molar-refractivity contribution in [1.29, 1.82) is 0 Å². The van der Waals surface area contributed by atoms with Crippen LogP contribution >= 0.6 is 19.6 Å². The average molecular weight is 330 g/mol. The summed E-state index contributed by atoms with van der Waals surface area (Å²) in [6, 6.07) is 0.00769. The van der Waals surface area contributed by atoms with E-state index in [1.165, 1.54) is 17.7 Å². The van der Waals surface area contributed by atoms with Crippen LogP contribution in [-0.2, 0) is 9.09 Å². The van der Waals surface area contributed by atoms with Crippen LogP contribution in [0.4, 0.5) is 5.82 Å². The molecule has 21 heavy (non-hydrogen) atoms.